The lowest BCUT2D eigenvalue weighted by atomic mass is 10.1. The quantitative estimate of drug-likeness (QED) is 0.256. The molecule has 0 saturated heterocycles. The normalized spacial score (nSPS) is 12.7. The van der Waals surface area contributed by atoms with E-state index in [-0.39, 0.29) is 29.1 Å². The van der Waals surface area contributed by atoms with Gasteiger partial charge in [-0.3, -0.25) is 13.9 Å². The van der Waals surface area contributed by atoms with Gasteiger partial charge in [-0.25, -0.2) is 8.42 Å². The van der Waals surface area contributed by atoms with Crippen LogP contribution in [0.25, 0.3) is 0 Å². The first-order valence-corrected chi connectivity index (χ1v) is 15.5. The molecule has 0 saturated carbocycles. The number of hydrogen-bond acceptors (Lipinski definition) is 5. The number of carbonyl (C=O) groups excluding carboxylic acids is 2. The minimum absolute atomic E-state index is 0.0320. The molecule has 1 N–H and O–H groups in total. The molecule has 3 rings (SSSR count). The highest BCUT2D eigenvalue weighted by molar-refractivity contribution is 7.92. The van der Waals surface area contributed by atoms with Gasteiger partial charge in [-0.1, -0.05) is 42.3 Å². The van der Waals surface area contributed by atoms with Crippen LogP contribution in [0.2, 0.25) is 10.0 Å². The average Bonchev–Trinajstić information content (AvgIpc) is 2.95. The number of benzene rings is 3. The van der Waals surface area contributed by atoms with E-state index in [1.807, 2.05) is 20.8 Å². The Kier molecular flexibility index (Phi) is 11.5. The van der Waals surface area contributed by atoms with Gasteiger partial charge in [0.25, 0.3) is 10.0 Å². The minimum Gasteiger partial charge on any atom is -0.494 e. The van der Waals surface area contributed by atoms with Crippen molar-refractivity contribution in [1.29, 1.82) is 0 Å². The lowest BCUT2D eigenvalue weighted by Gasteiger charge is -2.32. The van der Waals surface area contributed by atoms with E-state index in [2.05, 4.69) is 5.32 Å². The fourth-order valence-electron chi connectivity index (χ4n) is 3.97. The average molecular weight is 621 g/mol. The maximum Gasteiger partial charge on any atom is 0.264 e. The molecular weight excluding hydrogens is 585 g/mol. The Morgan fingerprint density at radius 2 is 1.44 bits per heavy atom. The van der Waals surface area contributed by atoms with Gasteiger partial charge < -0.3 is 15.0 Å². The molecule has 0 spiro atoms. The van der Waals surface area contributed by atoms with Crippen molar-refractivity contribution in [2.45, 2.75) is 57.6 Å². The predicted molar refractivity (Wildman–Crippen MR) is 163 cm³/mol. The van der Waals surface area contributed by atoms with Crippen molar-refractivity contribution in [3.05, 3.63) is 88.4 Å². The summed E-state index contributed by atoms with van der Waals surface area (Å²) >= 11 is 12.0. The molecule has 2 atom stereocenters. The molecule has 3 aromatic carbocycles. The largest absolute Gasteiger partial charge is 0.494 e. The Bertz CT molecular complexity index is 1420. The fraction of sp³-hybridized carbons (Fsp3) is 0.333. The predicted octanol–water partition coefficient (Wildman–Crippen LogP) is 5.92. The maximum atomic E-state index is 14.0. The van der Waals surface area contributed by atoms with Crippen LogP contribution in [0.4, 0.5) is 5.69 Å². The summed E-state index contributed by atoms with van der Waals surface area (Å²) in [6, 6.07) is 18.1. The summed E-state index contributed by atoms with van der Waals surface area (Å²) in [5.74, 6) is -0.334. The SMILES string of the molecule is CCOc1ccc(N(CC(=O)N(Cc2ccc(Cl)cc2)[C@@H](C)C(=O)N[C@H](C)CC)S(=O)(=O)c2ccc(Cl)cc2)cc1. The van der Waals surface area contributed by atoms with E-state index in [1.165, 1.54) is 29.2 Å². The second-order valence-corrected chi connectivity index (χ2v) is 12.3. The van der Waals surface area contributed by atoms with Crippen LogP contribution in [0, 0.1) is 0 Å². The second kappa shape index (κ2) is 14.6. The van der Waals surface area contributed by atoms with Crippen LogP contribution in [0.15, 0.2) is 77.7 Å². The number of carbonyl (C=O) groups is 2. The Labute approximate surface area is 252 Å². The van der Waals surface area contributed by atoms with E-state index in [4.69, 9.17) is 27.9 Å². The Morgan fingerprint density at radius 1 is 0.878 bits per heavy atom. The zero-order valence-corrected chi connectivity index (χ0v) is 25.8. The number of sulfonamides is 1. The van der Waals surface area contributed by atoms with Gasteiger partial charge in [-0.2, -0.15) is 0 Å². The number of hydrogen-bond donors (Lipinski definition) is 1. The van der Waals surface area contributed by atoms with Gasteiger partial charge >= 0.3 is 0 Å². The maximum absolute atomic E-state index is 14.0. The number of nitrogens with zero attached hydrogens (tertiary/aromatic N) is 2. The van der Waals surface area contributed by atoms with Crippen LogP contribution >= 0.6 is 23.2 Å². The third-order valence-electron chi connectivity index (χ3n) is 6.55. The number of ether oxygens (including phenoxy) is 1. The smallest absolute Gasteiger partial charge is 0.264 e. The van der Waals surface area contributed by atoms with Crippen molar-refractivity contribution < 1.29 is 22.7 Å². The molecule has 3 aromatic rings. The fourth-order valence-corrected chi connectivity index (χ4v) is 5.64. The topological polar surface area (TPSA) is 96.0 Å². The molecule has 41 heavy (non-hydrogen) atoms. The van der Waals surface area contributed by atoms with Crippen molar-refractivity contribution in [2.24, 2.45) is 0 Å². The van der Waals surface area contributed by atoms with E-state index < -0.39 is 28.5 Å². The van der Waals surface area contributed by atoms with Crippen molar-refractivity contribution in [3.8, 4) is 5.75 Å². The first-order chi connectivity index (χ1) is 19.5. The van der Waals surface area contributed by atoms with Crippen molar-refractivity contribution >= 4 is 50.7 Å². The molecule has 0 radical (unpaired) electrons. The third-order valence-corrected chi connectivity index (χ3v) is 8.84. The van der Waals surface area contributed by atoms with Gasteiger partial charge in [0, 0.05) is 22.6 Å². The summed E-state index contributed by atoms with van der Waals surface area (Å²) in [4.78, 5) is 28.4. The van der Waals surface area contributed by atoms with Gasteiger partial charge in [0.05, 0.1) is 17.2 Å². The Hall–Kier alpha value is -3.27. The summed E-state index contributed by atoms with van der Waals surface area (Å²) < 4.78 is 34.3. The highest BCUT2D eigenvalue weighted by atomic mass is 35.5. The van der Waals surface area contributed by atoms with Crippen LogP contribution in [-0.4, -0.2) is 50.4 Å². The molecule has 0 fully saturated rings. The van der Waals surface area contributed by atoms with Crippen LogP contribution in [-0.2, 0) is 26.2 Å². The molecule has 11 heteroatoms. The lowest BCUT2D eigenvalue weighted by molar-refractivity contribution is -0.139. The summed E-state index contributed by atoms with van der Waals surface area (Å²) in [6.07, 6.45) is 0.717. The van der Waals surface area contributed by atoms with Crippen molar-refractivity contribution in [3.63, 3.8) is 0 Å². The van der Waals surface area contributed by atoms with E-state index in [0.29, 0.717) is 28.8 Å². The zero-order valence-electron chi connectivity index (χ0n) is 23.5. The number of nitrogens with one attached hydrogen (secondary N) is 1. The number of halogens is 2. The molecule has 220 valence electrons. The Morgan fingerprint density at radius 3 is 1.98 bits per heavy atom. The number of rotatable bonds is 13. The van der Waals surface area contributed by atoms with E-state index >= 15 is 0 Å². The van der Waals surface area contributed by atoms with Gasteiger partial charge in [0.15, 0.2) is 0 Å². The molecule has 2 amide bonds. The molecule has 0 aliphatic carbocycles. The van der Waals surface area contributed by atoms with E-state index in [9.17, 15) is 18.0 Å². The number of amides is 2. The van der Waals surface area contributed by atoms with Crippen LogP contribution in [0.3, 0.4) is 0 Å². The van der Waals surface area contributed by atoms with Crippen LogP contribution in [0.5, 0.6) is 5.75 Å². The molecule has 0 aromatic heterocycles. The highest BCUT2D eigenvalue weighted by Crippen LogP contribution is 2.27. The summed E-state index contributed by atoms with van der Waals surface area (Å²) in [5, 5.41) is 3.82. The summed E-state index contributed by atoms with van der Waals surface area (Å²) in [5.41, 5.74) is 0.999. The standard InChI is InChI=1S/C30H35Cl2N3O5S/c1-5-21(3)33-30(37)22(4)34(19-23-7-9-24(31)10-8-23)29(36)20-35(26-13-15-27(16-14-26)40-6-2)41(38,39)28-17-11-25(32)12-18-28/h7-18,21-22H,5-6,19-20H2,1-4H3,(H,33,37)/t21-,22+/m1/s1. The van der Waals surface area contributed by atoms with Gasteiger partial charge in [-0.05, 0) is 93.4 Å². The van der Waals surface area contributed by atoms with Crippen LogP contribution < -0.4 is 14.4 Å². The zero-order chi connectivity index (χ0) is 30.2. The monoisotopic (exact) mass is 619 g/mol. The molecule has 0 bridgehead atoms. The Balaban J connectivity index is 2.02. The highest BCUT2D eigenvalue weighted by Gasteiger charge is 2.32. The third kappa shape index (κ3) is 8.61. The molecule has 8 nitrogen and oxygen atoms in total. The van der Waals surface area contributed by atoms with Gasteiger partial charge in [-0.15, -0.1) is 0 Å². The minimum atomic E-state index is -4.20. The number of anilines is 1. The molecule has 0 aliphatic heterocycles. The summed E-state index contributed by atoms with van der Waals surface area (Å²) in [7, 11) is -4.20. The first-order valence-electron chi connectivity index (χ1n) is 13.3. The molecule has 0 unspecified atom stereocenters. The summed E-state index contributed by atoms with van der Waals surface area (Å²) in [6.45, 7) is 7.26. The molecule has 0 aliphatic rings. The van der Waals surface area contributed by atoms with Gasteiger partial charge in [0.2, 0.25) is 11.8 Å². The lowest BCUT2D eigenvalue weighted by Crippen LogP contribution is -2.52. The van der Waals surface area contributed by atoms with Crippen molar-refractivity contribution in [1.82, 2.24) is 10.2 Å². The van der Waals surface area contributed by atoms with E-state index in [0.717, 1.165) is 9.87 Å². The first kappa shape index (κ1) is 32.2. The molecule has 0 heterocycles. The van der Waals surface area contributed by atoms with Crippen molar-refractivity contribution in [2.75, 3.05) is 17.5 Å². The molecular formula is C30H35Cl2N3O5S. The second-order valence-electron chi connectivity index (χ2n) is 9.53. The van der Waals surface area contributed by atoms with Gasteiger partial charge in [0.1, 0.15) is 18.3 Å². The van der Waals surface area contributed by atoms with E-state index in [1.54, 1.807) is 55.5 Å². The van der Waals surface area contributed by atoms with Crippen LogP contribution in [0.1, 0.15) is 39.7 Å².